The number of aromatic nitrogens is 1. The molecule has 134 valence electrons. The summed E-state index contributed by atoms with van der Waals surface area (Å²) in [6.45, 7) is 5.53. The first-order valence-corrected chi connectivity index (χ1v) is 10.1. The largest absolute Gasteiger partial charge is 0.344 e. The summed E-state index contributed by atoms with van der Waals surface area (Å²) in [5.41, 5.74) is 8.89. The van der Waals surface area contributed by atoms with E-state index in [4.69, 9.17) is 0 Å². The first-order chi connectivity index (χ1) is 12.7. The second-order valence-corrected chi connectivity index (χ2v) is 8.26. The third kappa shape index (κ3) is 2.59. The Bertz CT molecular complexity index is 966. The van der Waals surface area contributed by atoms with E-state index >= 15 is 0 Å². The standard InChI is InChI=1S/C24H28N2/c1-16-10-11-22-20(14-16)24-21-9-5-8-19(25-21)15-23(24)26(22)13-12-18-7-4-3-6-17(18)2/h3-4,6-7,10-11,14,19,21,25H,5,8-9,12-13,15H2,1-2H3/t19-,21+/m1/s1. The minimum atomic E-state index is 0.557. The molecular formula is C24H28N2. The molecule has 0 radical (unpaired) electrons. The molecule has 0 unspecified atom stereocenters. The van der Waals surface area contributed by atoms with E-state index in [1.54, 1.807) is 11.3 Å². The monoisotopic (exact) mass is 344 g/mol. The van der Waals surface area contributed by atoms with Gasteiger partial charge < -0.3 is 9.88 Å². The van der Waals surface area contributed by atoms with Crippen molar-refractivity contribution in [3.63, 3.8) is 0 Å². The van der Waals surface area contributed by atoms with Crippen LogP contribution in [0.1, 0.15) is 53.3 Å². The van der Waals surface area contributed by atoms with Gasteiger partial charge in [0.2, 0.25) is 0 Å². The molecule has 0 aliphatic carbocycles. The zero-order valence-corrected chi connectivity index (χ0v) is 15.9. The Morgan fingerprint density at radius 1 is 1.08 bits per heavy atom. The number of rotatable bonds is 3. The van der Waals surface area contributed by atoms with Crippen LogP contribution in [0.25, 0.3) is 10.9 Å². The number of fused-ring (bicyclic) bond motifs is 6. The summed E-state index contributed by atoms with van der Waals surface area (Å²) in [5.74, 6) is 0. The average Bonchev–Trinajstić information content (AvgIpc) is 2.94. The van der Waals surface area contributed by atoms with Gasteiger partial charge in [-0.25, -0.2) is 0 Å². The lowest BCUT2D eigenvalue weighted by Gasteiger charge is -2.37. The van der Waals surface area contributed by atoms with Crippen LogP contribution in [0.3, 0.4) is 0 Å². The van der Waals surface area contributed by atoms with Crippen LogP contribution in [-0.2, 0) is 19.4 Å². The lowest BCUT2D eigenvalue weighted by molar-refractivity contribution is 0.298. The van der Waals surface area contributed by atoms with E-state index in [0.29, 0.717) is 12.1 Å². The van der Waals surface area contributed by atoms with E-state index in [1.807, 2.05) is 0 Å². The predicted octanol–water partition coefficient (Wildman–Crippen LogP) is 5.24. The van der Waals surface area contributed by atoms with Gasteiger partial charge in [-0.3, -0.25) is 0 Å². The molecule has 2 atom stereocenters. The van der Waals surface area contributed by atoms with Gasteiger partial charge in [-0.1, -0.05) is 35.9 Å². The van der Waals surface area contributed by atoms with Crippen LogP contribution in [0.2, 0.25) is 0 Å². The fourth-order valence-electron chi connectivity index (χ4n) is 5.18. The lowest BCUT2D eigenvalue weighted by Crippen LogP contribution is -2.43. The van der Waals surface area contributed by atoms with Gasteiger partial charge in [0.25, 0.3) is 0 Å². The van der Waals surface area contributed by atoms with Gasteiger partial charge in [0.1, 0.15) is 0 Å². The molecule has 2 nitrogen and oxygen atoms in total. The van der Waals surface area contributed by atoms with E-state index < -0.39 is 0 Å². The Labute approximate surface area is 156 Å². The van der Waals surface area contributed by atoms with Gasteiger partial charge in [0.15, 0.2) is 0 Å². The van der Waals surface area contributed by atoms with Crippen LogP contribution in [0.5, 0.6) is 0 Å². The molecule has 0 spiro atoms. The summed E-state index contributed by atoms with van der Waals surface area (Å²) in [4.78, 5) is 0. The number of hydrogen-bond acceptors (Lipinski definition) is 1. The fraction of sp³-hybridized carbons (Fsp3) is 0.417. The first kappa shape index (κ1) is 16.1. The second-order valence-electron chi connectivity index (χ2n) is 8.26. The van der Waals surface area contributed by atoms with Crippen molar-refractivity contribution in [3.8, 4) is 0 Å². The van der Waals surface area contributed by atoms with Gasteiger partial charge in [0, 0.05) is 41.6 Å². The van der Waals surface area contributed by atoms with Gasteiger partial charge >= 0.3 is 0 Å². The van der Waals surface area contributed by atoms with Gasteiger partial charge in [0.05, 0.1) is 0 Å². The number of piperidine rings is 1. The summed E-state index contributed by atoms with van der Waals surface area (Å²) < 4.78 is 2.64. The zero-order valence-electron chi connectivity index (χ0n) is 15.9. The van der Waals surface area contributed by atoms with E-state index in [2.05, 4.69) is 66.2 Å². The highest BCUT2D eigenvalue weighted by atomic mass is 15.1. The van der Waals surface area contributed by atoms with Crippen LogP contribution in [0.4, 0.5) is 0 Å². The number of aryl methyl sites for hydroxylation is 4. The van der Waals surface area contributed by atoms with Crippen molar-refractivity contribution in [2.75, 3.05) is 0 Å². The molecule has 26 heavy (non-hydrogen) atoms. The molecule has 2 aliphatic heterocycles. The molecule has 1 aromatic heterocycles. The van der Waals surface area contributed by atoms with Crippen molar-refractivity contribution in [1.29, 1.82) is 0 Å². The van der Waals surface area contributed by atoms with Crippen molar-refractivity contribution in [2.45, 2.75) is 64.6 Å². The van der Waals surface area contributed by atoms with E-state index in [1.165, 1.54) is 53.3 Å². The number of nitrogens with one attached hydrogen (secondary N) is 1. The fourth-order valence-corrected chi connectivity index (χ4v) is 5.18. The maximum absolute atomic E-state index is 3.90. The van der Waals surface area contributed by atoms with Crippen LogP contribution >= 0.6 is 0 Å². The summed E-state index contributed by atoms with van der Waals surface area (Å²) in [6.07, 6.45) is 6.28. The Hall–Kier alpha value is -2.06. The Morgan fingerprint density at radius 2 is 1.96 bits per heavy atom. The second kappa shape index (κ2) is 6.28. The van der Waals surface area contributed by atoms with Gasteiger partial charge in [-0.2, -0.15) is 0 Å². The summed E-state index contributed by atoms with van der Waals surface area (Å²) >= 11 is 0. The van der Waals surface area contributed by atoms with Crippen molar-refractivity contribution >= 4 is 10.9 Å². The number of hydrogen-bond donors (Lipinski definition) is 1. The molecule has 3 aromatic rings. The molecule has 1 fully saturated rings. The van der Waals surface area contributed by atoms with Crippen molar-refractivity contribution < 1.29 is 0 Å². The molecule has 0 amide bonds. The van der Waals surface area contributed by atoms with Crippen molar-refractivity contribution in [2.24, 2.45) is 0 Å². The summed E-state index contributed by atoms with van der Waals surface area (Å²) in [5, 5.41) is 5.39. The maximum atomic E-state index is 3.90. The molecule has 2 aliphatic rings. The topological polar surface area (TPSA) is 17.0 Å². The van der Waals surface area contributed by atoms with Crippen molar-refractivity contribution in [1.82, 2.24) is 9.88 Å². The van der Waals surface area contributed by atoms with Crippen LogP contribution in [-0.4, -0.2) is 10.6 Å². The normalized spacial score (nSPS) is 21.8. The zero-order chi connectivity index (χ0) is 17.7. The Balaban J connectivity index is 1.61. The smallest absolute Gasteiger partial charge is 0.0486 e. The van der Waals surface area contributed by atoms with Gasteiger partial charge in [-0.05, 0) is 68.4 Å². The quantitative estimate of drug-likeness (QED) is 0.687. The number of benzene rings is 2. The SMILES string of the molecule is Cc1ccc2c(c1)c1c(n2CCc2ccccc2C)C[C@H]2CCC[C@@H]1N2. The third-order valence-corrected chi connectivity index (χ3v) is 6.51. The van der Waals surface area contributed by atoms with Crippen molar-refractivity contribution in [3.05, 3.63) is 70.4 Å². The number of nitrogens with zero attached hydrogens (tertiary/aromatic N) is 1. The predicted molar refractivity (Wildman–Crippen MR) is 109 cm³/mol. The highest BCUT2D eigenvalue weighted by Crippen LogP contribution is 2.41. The van der Waals surface area contributed by atoms with E-state index in [9.17, 15) is 0 Å². The highest BCUT2D eigenvalue weighted by molar-refractivity contribution is 5.87. The van der Waals surface area contributed by atoms with Crippen LogP contribution in [0.15, 0.2) is 42.5 Å². The molecule has 2 aromatic carbocycles. The average molecular weight is 345 g/mol. The third-order valence-electron chi connectivity index (χ3n) is 6.51. The molecule has 5 rings (SSSR count). The summed E-state index contributed by atoms with van der Waals surface area (Å²) in [7, 11) is 0. The van der Waals surface area contributed by atoms with Gasteiger partial charge in [-0.15, -0.1) is 0 Å². The minimum Gasteiger partial charge on any atom is -0.344 e. The molecule has 1 N–H and O–H groups in total. The molecule has 3 heterocycles. The summed E-state index contributed by atoms with van der Waals surface area (Å²) in [6, 6.07) is 17.1. The van der Waals surface area contributed by atoms with E-state index in [-0.39, 0.29) is 0 Å². The molecular weight excluding hydrogens is 316 g/mol. The van der Waals surface area contributed by atoms with Crippen LogP contribution < -0.4 is 5.32 Å². The molecule has 0 saturated carbocycles. The Kier molecular flexibility index (Phi) is 3.90. The highest BCUT2D eigenvalue weighted by Gasteiger charge is 2.34. The lowest BCUT2D eigenvalue weighted by atomic mass is 9.84. The minimum absolute atomic E-state index is 0.557. The van der Waals surface area contributed by atoms with Crippen LogP contribution in [0, 0.1) is 13.8 Å². The Morgan fingerprint density at radius 3 is 2.85 bits per heavy atom. The molecule has 1 saturated heterocycles. The molecule has 2 heteroatoms. The van der Waals surface area contributed by atoms with E-state index in [0.717, 1.165) is 13.0 Å². The molecule has 2 bridgehead atoms. The maximum Gasteiger partial charge on any atom is 0.0486 e. The first-order valence-electron chi connectivity index (χ1n) is 10.1.